The Morgan fingerprint density at radius 3 is 3.12 bits per heavy atom. The Balaban J connectivity index is 1.62. The number of carbonyl (C=O) groups excluding carboxylic acids is 1. The molecule has 0 fully saturated rings. The monoisotopic (exact) mass is 234 g/mol. The van der Waals surface area contributed by atoms with Gasteiger partial charge in [-0.15, -0.1) is 0 Å². The fourth-order valence-electron chi connectivity index (χ4n) is 1.95. The minimum atomic E-state index is 0.0926. The quantitative estimate of drug-likeness (QED) is 0.777. The van der Waals surface area contributed by atoms with Crippen LogP contribution in [0.5, 0.6) is 0 Å². The van der Waals surface area contributed by atoms with Crippen LogP contribution in [0, 0.1) is 5.92 Å². The summed E-state index contributed by atoms with van der Waals surface area (Å²) in [5, 5.41) is 6.94. The molecule has 5 nitrogen and oxygen atoms in total. The summed E-state index contributed by atoms with van der Waals surface area (Å²) < 4.78 is 1.67. The Bertz CT molecular complexity index is 372. The van der Waals surface area contributed by atoms with Crippen LogP contribution in [0.25, 0.3) is 0 Å². The first kappa shape index (κ1) is 11.8. The van der Waals surface area contributed by atoms with E-state index in [0.717, 1.165) is 19.4 Å². The van der Waals surface area contributed by atoms with Gasteiger partial charge < -0.3 is 5.32 Å². The second-order valence-corrected chi connectivity index (χ2v) is 4.36. The zero-order chi connectivity index (χ0) is 11.9. The minimum absolute atomic E-state index is 0.0926. The van der Waals surface area contributed by atoms with Crippen LogP contribution in [0.1, 0.15) is 25.7 Å². The van der Waals surface area contributed by atoms with Gasteiger partial charge in [-0.1, -0.05) is 12.2 Å². The Morgan fingerprint density at radius 2 is 2.41 bits per heavy atom. The Morgan fingerprint density at radius 1 is 1.47 bits per heavy atom. The molecular formula is C12H18N4O. The van der Waals surface area contributed by atoms with Crippen molar-refractivity contribution in [3.05, 3.63) is 24.8 Å². The van der Waals surface area contributed by atoms with Crippen molar-refractivity contribution in [2.75, 3.05) is 6.54 Å². The minimum Gasteiger partial charge on any atom is -0.356 e. The fourth-order valence-corrected chi connectivity index (χ4v) is 1.95. The van der Waals surface area contributed by atoms with Gasteiger partial charge in [-0.3, -0.25) is 9.48 Å². The topological polar surface area (TPSA) is 59.8 Å². The molecule has 1 aliphatic rings. The number of aryl methyl sites for hydroxylation is 1. The third-order valence-corrected chi connectivity index (χ3v) is 3.00. The van der Waals surface area contributed by atoms with Gasteiger partial charge in [-0.25, -0.2) is 4.98 Å². The molecule has 0 radical (unpaired) electrons. The van der Waals surface area contributed by atoms with E-state index < -0.39 is 0 Å². The molecule has 0 saturated carbocycles. The van der Waals surface area contributed by atoms with Crippen LogP contribution >= 0.6 is 0 Å². The highest BCUT2D eigenvalue weighted by molar-refractivity contribution is 5.75. The number of nitrogens with zero attached hydrogens (tertiary/aromatic N) is 3. The largest absolute Gasteiger partial charge is 0.356 e. The molecule has 0 saturated heterocycles. The lowest BCUT2D eigenvalue weighted by Crippen LogP contribution is -2.30. The first-order chi connectivity index (χ1) is 8.34. The third kappa shape index (κ3) is 4.01. The van der Waals surface area contributed by atoms with Crippen molar-refractivity contribution in [1.29, 1.82) is 0 Å². The molecule has 1 amide bonds. The predicted molar refractivity (Wildman–Crippen MR) is 64.1 cm³/mol. The lowest BCUT2D eigenvalue weighted by atomic mass is 9.94. The molecule has 1 aliphatic carbocycles. The third-order valence-electron chi connectivity index (χ3n) is 3.00. The van der Waals surface area contributed by atoms with E-state index in [-0.39, 0.29) is 5.91 Å². The molecule has 0 spiro atoms. The second-order valence-electron chi connectivity index (χ2n) is 4.36. The molecule has 17 heavy (non-hydrogen) atoms. The van der Waals surface area contributed by atoms with E-state index >= 15 is 0 Å². The average molecular weight is 234 g/mol. The van der Waals surface area contributed by atoms with Crippen LogP contribution in [0.2, 0.25) is 0 Å². The molecule has 2 rings (SSSR count). The van der Waals surface area contributed by atoms with E-state index in [9.17, 15) is 4.79 Å². The van der Waals surface area contributed by atoms with E-state index in [1.165, 1.54) is 12.7 Å². The molecule has 0 bridgehead atoms. The van der Waals surface area contributed by atoms with Crippen molar-refractivity contribution in [2.24, 2.45) is 5.92 Å². The smallest absolute Gasteiger partial charge is 0.221 e. The Kier molecular flexibility index (Phi) is 4.30. The summed E-state index contributed by atoms with van der Waals surface area (Å²) in [4.78, 5) is 15.4. The predicted octanol–water partition coefficient (Wildman–Crippen LogP) is 1.14. The maximum atomic E-state index is 11.6. The van der Waals surface area contributed by atoms with Crippen molar-refractivity contribution in [3.8, 4) is 0 Å². The first-order valence-electron chi connectivity index (χ1n) is 6.08. The summed E-state index contributed by atoms with van der Waals surface area (Å²) in [5.74, 6) is 0.699. The summed E-state index contributed by atoms with van der Waals surface area (Å²) in [6.07, 6.45) is 11.4. The van der Waals surface area contributed by atoms with Crippen molar-refractivity contribution in [1.82, 2.24) is 20.1 Å². The highest BCUT2D eigenvalue weighted by Gasteiger charge is 2.11. The SMILES string of the molecule is O=C(CCn1cncn1)NCC1CC=CCC1. The Labute approximate surface area is 101 Å². The summed E-state index contributed by atoms with van der Waals surface area (Å²) in [7, 11) is 0. The molecule has 5 heteroatoms. The van der Waals surface area contributed by atoms with E-state index in [4.69, 9.17) is 0 Å². The number of hydrogen-bond acceptors (Lipinski definition) is 3. The molecule has 0 aromatic carbocycles. The van der Waals surface area contributed by atoms with Crippen LogP contribution in [0.15, 0.2) is 24.8 Å². The number of rotatable bonds is 5. The fraction of sp³-hybridized carbons (Fsp3) is 0.583. The summed E-state index contributed by atoms with van der Waals surface area (Å²) in [6.45, 7) is 1.39. The second kappa shape index (κ2) is 6.18. The van der Waals surface area contributed by atoms with Gasteiger partial charge in [0.05, 0.1) is 6.54 Å². The first-order valence-corrected chi connectivity index (χ1v) is 6.08. The van der Waals surface area contributed by atoms with E-state index in [0.29, 0.717) is 18.9 Å². The van der Waals surface area contributed by atoms with Crippen LogP contribution in [0.3, 0.4) is 0 Å². The van der Waals surface area contributed by atoms with Crippen LogP contribution in [0.4, 0.5) is 0 Å². The maximum absolute atomic E-state index is 11.6. The van der Waals surface area contributed by atoms with Crippen molar-refractivity contribution < 1.29 is 4.79 Å². The maximum Gasteiger partial charge on any atom is 0.221 e. The van der Waals surface area contributed by atoms with Gasteiger partial charge >= 0.3 is 0 Å². The molecule has 1 heterocycles. The van der Waals surface area contributed by atoms with Gasteiger partial charge in [0, 0.05) is 13.0 Å². The average Bonchev–Trinajstić information content (AvgIpc) is 2.88. The number of nitrogens with one attached hydrogen (secondary N) is 1. The number of allylic oxidation sites excluding steroid dienone is 2. The molecular weight excluding hydrogens is 216 g/mol. The standard InChI is InChI=1S/C12H18N4O/c17-12(6-7-16-10-13-9-15-16)14-8-11-4-2-1-3-5-11/h1-2,9-11H,3-8H2,(H,14,17). The van der Waals surface area contributed by atoms with Crippen LogP contribution in [-0.4, -0.2) is 27.2 Å². The normalized spacial score (nSPS) is 19.2. The molecule has 92 valence electrons. The Hall–Kier alpha value is -1.65. The van der Waals surface area contributed by atoms with Crippen molar-refractivity contribution >= 4 is 5.91 Å². The highest BCUT2D eigenvalue weighted by atomic mass is 16.1. The molecule has 0 aliphatic heterocycles. The molecule has 1 aromatic rings. The number of hydrogen-bond donors (Lipinski definition) is 1. The van der Waals surface area contributed by atoms with Crippen LogP contribution in [-0.2, 0) is 11.3 Å². The van der Waals surface area contributed by atoms with E-state index in [1.54, 1.807) is 11.0 Å². The molecule has 1 aromatic heterocycles. The van der Waals surface area contributed by atoms with Gasteiger partial charge in [0.2, 0.25) is 5.91 Å². The molecule has 1 N–H and O–H groups in total. The number of carbonyl (C=O) groups is 1. The lowest BCUT2D eigenvalue weighted by molar-refractivity contribution is -0.121. The van der Waals surface area contributed by atoms with Gasteiger partial charge in [0.1, 0.15) is 12.7 Å². The number of aromatic nitrogens is 3. The summed E-state index contributed by atoms with van der Waals surface area (Å²) in [6, 6.07) is 0. The van der Waals surface area contributed by atoms with Gasteiger partial charge in [-0.05, 0) is 25.2 Å². The van der Waals surface area contributed by atoms with Crippen molar-refractivity contribution in [3.63, 3.8) is 0 Å². The number of amides is 1. The lowest BCUT2D eigenvalue weighted by Gasteiger charge is -2.17. The zero-order valence-electron chi connectivity index (χ0n) is 9.88. The summed E-state index contributed by atoms with van der Waals surface area (Å²) >= 11 is 0. The van der Waals surface area contributed by atoms with E-state index in [2.05, 4.69) is 27.6 Å². The highest BCUT2D eigenvalue weighted by Crippen LogP contribution is 2.16. The van der Waals surface area contributed by atoms with E-state index in [1.807, 2.05) is 0 Å². The van der Waals surface area contributed by atoms with Crippen LogP contribution < -0.4 is 5.32 Å². The van der Waals surface area contributed by atoms with Crippen molar-refractivity contribution in [2.45, 2.75) is 32.2 Å². The van der Waals surface area contributed by atoms with Gasteiger partial charge in [0.15, 0.2) is 0 Å². The van der Waals surface area contributed by atoms with Gasteiger partial charge in [0.25, 0.3) is 0 Å². The molecule has 1 unspecified atom stereocenters. The molecule has 1 atom stereocenters. The van der Waals surface area contributed by atoms with Gasteiger partial charge in [-0.2, -0.15) is 5.10 Å². The zero-order valence-corrected chi connectivity index (χ0v) is 9.88. The summed E-state index contributed by atoms with van der Waals surface area (Å²) in [5.41, 5.74) is 0.